The standard InChI is InChI=1S/C11H16N2/c1-13-8-3-2-5-10-6-4-7-11(12)9-10/h2,4-7,9,13H,3,8,12H2,1H3. The van der Waals surface area contributed by atoms with Crippen molar-refractivity contribution in [2.45, 2.75) is 6.42 Å². The Morgan fingerprint density at radius 1 is 1.46 bits per heavy atom. The molecule has 0 fully saturated rings. The Morgan fingerprint density at radius 3 is 3.00 bits per heavy atom. The van der Waals surface area contributed by atoms with Gasteiger partial charge in [-0.25, -0.2) is 0 Å². The highest BCUT2D eigenvalue weighted by molar-refractivity contribution is 5.55. The van der Waals surface area contributed by atoms with E-state index in [-0.39, 0.29) is 0 Å². The third-order valence-electron chi connectivity index (χ3n) is 1.78. The zero-order valence-corrected chi connectivity index (χ0v) is 7.96. The van der Waals surface area contributed by atoms with Crippen LogP contribution < -0.4 is 11.1 Å². The number of hydrogen-bond acceptors (Lipinski definition) is 2. The normalized spacial score (nSPS) is 10.8. The highest BCUT2D eigenvalue weighted by Gasteiger charge is 1.86. The lowest BCUT2D eigenvalue weighted by molar-refractivity contribution is 0.809. The molecular weight excluding hydrogens is 160 g/mol. The van der Waals surface area contributed by atoms with E-state index in [0.717, 1.165) is 24.2 Å². The first-order valence-corrected chi connectivity index (χ1v) is 4.49. The summed E-state index contributed by atoms with van der Waals surface area (Å²) in [4.78, 5) is 0. The number of nitrogen functional groups attached to an aromatic ring is 1. The molecule has 3 N–H and O–H groups in total. The van der Waals surface area contributed by atoms with Gasteiger partial charge in [-0.3, -0.25) is 0 Å². The van der Waals surface area contributed by atoms with Crippen LogP contribution in [0, 0.1) is 0 Å². The predicted octanol–water partition coefficient (Wildman–Crippen LogP) is 1.89. The molecule has 0 amide bonds. The van der Waals surface area contributed by atoms with Crippen LogP contribution in [0.1, 0.15) is 12.0 Å². The molecule has 0 bridgehead atoms. The summed E-state index contributed by atoms with van der Waals surface area (Å²) < 4.78 is 0. The fraction of sp³-hybridized carbons (Fsp3) is 0.273. The number of hydrogen-bond donors (Lipinski definition) is 2. The molecule has 1 aromatic carbocycles. The molecule has 0 heterocycles. The summed E-state index contributed by atoms with van der Waals surface area (Å²) in [5, 5.41) is 3.09. The quantitative estimate of drug-likeness (QED) is 0.543. The van der Waals surface area contributed by atoms with E-state index in [9.17, 15) is 0 Å². The molecular formula is C11H16N2. The summed E-state index contributed by atoms with van der Waals surface area (Å²) in [7, 11) is 1.95. The first-order chi connectivity index (χ1) is 6.33. The third-order valence-corrected chi connectivity index (χ3v) is 1.78. The highest BCUT2D eigenvalue weighted by Crippen LogP contribution is 2.08. The molecule has 13 heavy (non-hydrogen) atoms. The van der Waals surface area contributed by atoms with Gasteiger partial charge in [0.2, 0.25) is 0 Å². The first kappa shape index (κ1) is 9.81. The summed E-state index contributed by atoms with van der Waals surface area (Å²) in [6, 6.07) is 7.88. The van der Waals surface area contributed by atoms with E-state index in [0.29, 0.717) is 0 Å². The van der Waals surface area contributed by atoms with Crippen LogP contribution in [0.5, 0.6) is 0 Å². The van der Waals surface area contributed by atoms with Gasteiger partial charge in [0.15, 0.2) is 0 Å². The minimum absolute atomic E-state index is 0.816. The highest BCUT2D eigenvalue weighted by atomic mass is 14.8. The van der Waals surface area contributed by atoms with Gasteiger partial charge < -0.3 is 11.1 Å². The van der Waals surface area contributed by atoms with E-state index in [1.165, 1.54) is 0 Å². The van der Waals surface area contributed by atoms with Crippen molar-refractivity contribution in [3.63, 3.8) is 0 Å². The lowest BCUT2D eigenvalue weighted by atomic mass is 10.2. The van der Waals surface area contributed by atoms with Gasteiger partial charge in [-0.15, -0.1) is 0 Å². The molecule has 70 valence electrons. The van der Waals surface area contributed by atoms with Crippen LogP contribution in [0.2, 0.25) is 0 Å². The average molecular weight is 176 g/mol. The van der Waals surface area contributed by atoms with E-state index in [1.54, 1.807) is 0 Å². The maximum atomic E-state index is 5.64. The number of nitrogens with two attached hydrogens (primary N) is 1. The zero-order valence-electron chi connectivity index (χ0n) is 7.96. The van der Waals surface area contributed by atoms with Gasteiger partial charge in [-0.2, -0.15) is 0 Å². The van der Waals surface area contributed by atoms with Gasteiger partial charge in [0.1, 0.15) is 0 Å². The lowest BCUT2D eigenvalue weighted by Crippen LogP contribution is -2.05. The minimum Gasteiger partial charge on any atom is -0.399 e. The number of benzene rings is 1. The van der Waals surface area contributed by atoms with E-state index in [1.807, 2.05) is 31.3 Å². The Bertz CT molecular complexity index is 279. The Balaban J connectivity index is 2.48. The monoisotopic (exact) mass is 176 g/mol. The average Bonchev–Trinajstić information content (AvgIpc) is 2.13. The number of nitrogens with one attached hydrogen (secondary N) is 1. The Morgan fingerprint density at radius 2 is 2.31 bits per heavy atom. The Kier molecular flexibility index (Phi) is 4.06. The van der Waals surface area contributed by atoms with Gasteiger partial charge in [0, 0.05) is 5.69 Å². The van der Waals surface area contributed by atoms with Crippen molar-refractivity contribution in [3.8, 4) is 0 Å². The molecule has 1 aromatic rings. The van der Waals surface area contributed by atoms with E-state index >= 15 is 0 Å². The van der Waals surface area contributed by atoms with E-state index in [2.05, 4.69) is 17.5 Å². The van der Waals surface area contributed by atoms with Gasteiger partial charge in [0.05, 0.1) is 0 Å². The summed E-state index contributed by atoms with van der Waals surface area (Å²) in [5.74, 6) is 0. The molecule has 0 aliphatic rings. The Labute approximate surface area is 79.5 Å². The van der Waals surface area contributed by atoms with Gasteiger partial charge in [-0.05, 0) is 37.7 Å². The van der Waals surface area contributed by atoms with Crippen LogP contribution in [-0.4, -0.2) is 13.6 Å². The maximum Gasteiger partial charge on any atom is 0.0319 e. The molecule has 0 spiro atoms. The maximum absolute atomic E-state index is 5.64. The molecule has 0 saturated heterocycles. The molecule has 0 unspecified atom stereocenters. The predicted molar refractivity (Wildman–Crippen MR) is 58.4 cm³/mol. The second kappa shape index (κ2) is 5.38. The van der Waals surface area contributed by atoms with Crippen LogP contribution >= 0.6 is 0 Å². The molecule has 1 rings (SSSR count). The largest absolute Gasteiger partial charge is 0.399 e. The van der Waals surface area contributed by atoms with Gasteiger partial charge >= 0.3 is 0 Å². The molecule has 0 radical (unpaired) electrons. The number of anilines is 1. The van der Waals surface area contributed by atoms with Crippen molar-refractivity contribution in [1.29, 1.82) is 0 Å². The lowest BCUT2D eigenvalue weighted by Gasteiger charge is -1.95. The minimum atomic E-state index is 0.816. The van der Waals surface area contributed by atoms with Crippen LogP contribution in [0.3, 0.4) is 0 Å². The molecule has 0 saturated carbocycles. The molecule has 2 heteroatoms. The van der Waals surface area contributed by atoms with Crippen molar-refractivity contribution >= 4 is 11.8 Å². The molecule has 0 aromatic heterocycles. The fourth-order valence-corrected chi connectivity index (χ4v) is 1.11. The van der Waals surface area contributed by atoms with Crippen LogP contribution in [-0.2, 0) is 0 Å². The number of rotatable bonds is 4. The van der Waals surface area contributed by atoms with Crippen LogP contribution in [0.15, 0.2) is 30.3 Å². The summed E-state index contributed by atoms with van der Waals surface area (Å²) in [5.41, 5.74) is 7.62. The second-order valence-electron chi connectivity index (χ2n) is 2.96. The van der Waals surface area contributed by atoms with Crippen molar-refractivity contribution < 1.29 is 0 Å². The van der Waals surface area contributed by atoms with Crippen molar-refractivity contribution in [2.24, 2.45) is 0 Å². The molecule has 0 atom stereocenters. The second-order valence-corrected chi connectivity index (χ2v) is 2.96. The smallest absolute Gasteiger partial charge is 0.0319 e. The zero-order chi connectivity index (χ0) is 9.52. The van der Waals surface area contributed by atoms with E-state index in [4.69, 9.17) is 5.73 Å². The van der Waals surface area contributed by atoms with Crippen LogP contribution in [0.25, 0.3) is 6.08 Å². The van der Waals surface area contributed by atoms with Crippen molar-refractivity contribution in [3.05, 3.63) is 35.9 Å². The Hall–Kier alpha value is -1.28. The topological polar surface area (TPSA) is 38.0 Å². The summed E-state index contributed by atoms with van der Waals surface area (Å²) >= 11 is 0. The molecule has 0 aliphatic heterocycles. The first-order valence-electron chi connectivity index (χ1n) is 4.49. The van der Waals surface area contributed by atoms with Crippen molar-refractivity contribution in [1.82, 2.24) is 5.32 Å². The van der Waals surface area contributed by atoms with E-state index < -0.39 is 0 Å². The van der Waals surface area contributed by atoms with Crippen molar-refractivity contribution in [2.75, 3.05) is 19.3 Å². The SMILES string of the molecule is CNCCC=Cc1cccc(N)c1. The summed E-state index contributed by atoms with van der Waals surface area (Å²) in [6.07, 6.45) is 5.28. The van der Waals surface area contributed by atoms with Gasteiger partial charge in [0.25, 0.3) is 0 Å². The fourth-order valence-electron chi connectivity index (χ4n) is 1.11. The summed E-state index contributed by atoms with van der Waals surface area (Å²) in [6.45, 7) is 1.01. The van der Waals surface area contributed by atoms with Crippen LogP contribution in [0.4, 0.5) is 5.69 Å². The third kappa shape index (κ3) is 3.76. The van der Waals surface area contributed by atoms with Gasteiger partial charge in [-0.1, -0.05) is 24.3 Å². The molecule has 2 nitrogen and oxygen atoms in total. The molecule has 0 aliphatic carbocycles.